The van der Waals surface area contributed by atoms with Crippen LogP contribution in [0.3, 0.4) is 0 Å². The van der Waals surface area contributed by atoms with E-state index in [9.17, 15) is 13.2 Å². The first-order valence-electron chi connectivity index (χ1n) is 10.0. The van der Waals surface area contributed by atoms with Crippen LogP contribution in [0.1, 0.15) is 68.1 Å². The Hall–Kier alpha value is -1.60. The van der Waals surface area contributed by atoms with Crippen molar-refractivity contribution in [2.45, 2.75) is 68.7 Å². The SMILES string of the molecule is COc1ccc(C(=O)NC2CCCCCCC2)cc1S(=O)(=O)N1CCCC1. The van der Waals surface area contributed by atoms with Gasteiger partial charge in [-0.05, 0) is 43.9 Å². The Morgan fingerprint density at radius 1 is 1.04 bits per heavy atom. The smallest absolute Gasteiger partial charge is 0.251 e. The van der Waals surface area contributed by atoms with E-state index in [2.05, 4.69) is 5.32 Å². The van der Waals surface area contributed by atoms with Crippen LogP contribution in [-0.2, 0) is 10.0 Å². The average Bonchev–Trinajstić information content (AvgIpc) is 3.18. The summed E-state index contributed by atoms with van der Waals surface area (Å²) in [6, 6.07) is 4.85. The first kappa shape index (κ1) is 20.1. The molecule has 0 unspecified atom stereocenters. The number of nitrogens with one attached hydrogen (secondary N) is 1. The number of amides is 1. The summed E-state index contributed by atoms with van der Waals surface area (Å²) >= 11 is 0. The minimum absolute atomic E-state index is 0.0808. The molecule has 0 aromatic heterocycles. The Balaban J connectivity index is 1.80. The van der Waals surface area contributed by atoms with Crippen LogP contribution in [0.5, 0.6) is 5.75 Å². The van der Waals surface area contributed by atoms with Gasteiger partial charge in [0, 0.05) is 24.7 Å². The summed E-state index contributed by atoms with van der Waals surface area (Å²) in [4.78, 5) is 12.8. The molecule has 2 aliphatic rings. The molecule has 150 valence electrons. The second-order valence-corrected chi connectivity index (χ2v) is 9.40. The Kier molecular flexibility index (Phi) is 6.76. The van der Waals surface area contributed by atoms with Crippen molar-refractivity contribution in [3.8, 4) is 5.75 Å². The monoisotopic (exact) mass is 394 g/mol. The third-order valence-corrected chi connectivity index (χ3v) is 7.47. The van der Waals surface area contributed by atoms with E-state index in [0.29, 0.717) is 18.7 Å². The molecule has 2 fully saturated rings. The van der Waals surface area contributed by atoms with Crippen LogP contribution in [0, 0.1) is 0 Å². The predicted molar refractivity (Wildman–Crippen MR) is 105 cm³/mol. The highest BCUT2D eigenvalue weighted by Crippen LogP contribution is 2.30. The molecule has 1 heterocycles. The number of hydrogen-bond donors (Lipinski definition) is 1. The lowest BCUT2D eigenvalue weighted by Gasteiger charge is -2.22. The van der Waals surface area contributed by atoms with Crippen LogP contribution in [0.2, 0.25) is 0 Å². The Bertz CT molecular complexity index is 749. The Labute approximate surface area is 162 Å². The predicted octanol–water partition coefficient (Wildman–Crippen LogP) is 3.32. The number of methoxy groups -OCH3 is 1. The normalized spacial score (nSPS) is 20.0. The van der Waals surface area contributed by atoms with Gasteiger partial charge in [0.2, 0.25) is 10.0 Å². The number of rotatable bonds is 5. The molecule has 1 N–H and O–H groups in total. The van der Waals surface area contributed by atoms with E-state index < -0.39 is 10.0 Å². The molecule has 6 nitrogen and oxygen atoms in total. The zero-order valence-electron chi connectivity index (χ0n) is 16.1. The lowest BCUT2D eigenvalue weighted by molar-refractivity contribution is 0.0930. The van der Waals surface area contributed by atoms with E-state index in [1.807, 2.05) is 0 Å². The zero-order valence-corrected chi connectivity index (χ0v) is 16.9. The molecule has 3 rings (SSSR count). The van der Waals surface area contributed by atoms with Crippen molar-refractivity contribution in [1.82, 2.24) is 9.62 Å². The highest BCUT2D eigenvalue weighted by molar-refractivity contribution is 7.89. The van der Waals surface area contributed by atoms with Crippen molar-refractivity contribution in [3.05, 3.63) is 23.8 Å². The molecule has 7 heteroatoms. The standard InChI is InChI=1S/C20H30N2O4S/c1-26-18-12-11-16(15-19(18)27(24,25)22-13-7-8-14-22)20(23)21-17-9-5-3-2-4-6-10-17/h11-12,15,17H,2-10,13-14H2,1H3,(H,21,23). The molecule has 0 radical (unpaired) electrons. The second-order valence-electron chi connectivity index (χ2n) is 7.49. The van der Waals surface area contributed by atoms with Crippen LogP contribution in [0.4, 0.5) is 0 Å². The van der Waals surface area contributed by atoms with Crippen LogP contribution in [0.15, 0.2) is 23.1 Å². The third-order valence-electron chi connectivity index (χ3n) is 5.55. The van der Waals surface area contributed by atoms with Crippen molar-refractivity contribution in [1.29, 1.82) is 0 Å². The van der Waals surface area contributed by atoms with Crippen molar-refractivity contribution < 1.29 is 17.9 Å². The van der Waals surface area contributed by atoms with Gasteiger partial charge in [0.25, 0.3) is 5.91 Å². The van der Waals surface area contributed by atoms with Gasteiger partial charge in [-0.3, -0.25) is 4.79 Å². The lowest BCUT2D eigenvalue weighted by Crippen LogP contribution is -2.35. The number of nitrogens with zero attached hydrogens (tertiary/aromatic N) is 1. The van der Waals surface area contributed by atoms with E-state index in [-0.39, 0.29) is 22.6 Å². The minimum Gasteiger partial charge on any atom is -0.495 e. The highest BCUT2D eigenvalue weighted by atomic mass is 32.2. The molecule has 1 aromatic rings. The molecule has 27 heavy (non-hydrogen) atoms. The lowest BCUT2D eigenvalue weighted by atomic mass is 9.96. The van der Waals surface area contributed by atoms with Gasteiger partial charge in [0.05, 0.1) is 7.11 Å². The van der Waals surface area contributed by atoms with Gasteiger partial charge in [-0.1, -0.05) is 32.1 Å². The van der Waals surface area contributed by atoms with Gasteiger partial charge in [0.15, 0.2) is 0 Å². The molecular weight excluding hydrogens is 364 g/mol. The van der Waals surface area contributed by atoms with Crippen molar-refractivity contribution >= 4 is 15.9 Å². The fourth-order valence-electron chi connectivity index (χ4n) is 3.96. The largest absolute Gasteiger partial charge is 0.495 e. The van der Waals surface area contributed by atoms with Gasteiger partial charge in [0.1, 0.15) is 10.6 Å². The van der Waals surface area contributed by atoms with Gasteiger partial charge >= 0.3 is 0 Å². The summed E-state index contributed by atoms with van der Waals surface area (Å²) in [6.45, 7) is 1.04. The molecule has 1 aliphatic heterocycles. The van der Waals surface area contributed by atoms with Crippen LogP contribution in [-0.4, -0.2) is 44.9 Å². The number of sulfonamides is 1. The molecule has 0 spiro atoms. The third kappa shape index (κ3) is 4.82. The topological polar surface area (TPSA) is 75.7 Å². The maximum atomic E-state index is 13.0. The maximum absolute atomic E-state index is 13.0. The summed E-state index contributed by atoms with van der Waals surface area (Å²) in [6.07, 6.45) is 9.66. The second kappa shape index (κ2) is 9.06. The first-order valence-corrected chi connectivity index (χ1v) is 11.5. The molecule has 1 saturated carbocycles. The summed E-state index contributed by atoms with van der Waals surface area (Å²) in [5, 5.41) is 3.10. The van der Waals surface area contributed by atoms with E-state index in [1.54, 1.807) is 12.1 Å². The number of ether oxygens (including phenoxy) is 1. The molecule has 1 saturated heterocycles. The number of carbonyl (C=O) groups is 1. The quantitative estimate of drug-likeness (QED) is 0.831. The maximum Gasteiger partial charge on any atom is 0.251 e. The van der Waals surface area contributed by atoms with E-state index in [0.717, 1.165) is 38.5 Å². The van der Waals surface area contributed by atoms with Gasteiger partial charge in [-0.2, -0.15) is 4.31 Å². The first-order chi connectivity index (χ1) is 13.0. The minimum atomic E-state index is -3.65. The molecule has 0 atom stereocenters. The van der Waals surface area contributed by atoms with Crippen molar-refractivity contribution in [2.24, 2.45) is 0 Å². The van der Waals surface area contributed by atoms with Crippen molar-refractivity contribution in [3.63, 3.8) is 0 Å². The molecule has 1 amide bonds. The number of benzene rings is 1. The van der Waals surface area contributed by atoms with Crippen molar-refractivity contribution in [2.75, 3.05) is 20.2 Å². The van der Waals surface area contributed by atoms with Gasteiger partial charge in [-0.15, -0.1) is 0 Å². The molecular formula is C20H30N2O4S. The Morgan fingerprint density at radius 2 is 1.67 bits per heavy atom. The van der Waals surface area contributed by atoms with Gasteiger partial charge < -0.3 is 10.1 Å². The summed E-state index contributed by atoms with van der Waals surface area (Å²) < 4.78 is 32.7. The zero-order chi connectivity index (χ0) is 19.3. The number of carbonyl (C=O) groups excluding carboxylic acids is 1. The molecule has 0 bridgehead atoms. The molecule has 1 aliphatic carbocycles. The summed E-state index contributed by atoms with van der Waals surface area (Å²) in [5.41, 5.74) is 0.371. The van der Waals surface area contributed by atoms with E-state index in [4.69, 9.17) is 4.74 Å². The van der Waals surface area contributed by atoms with Gasteiger partial charge in [-0.25, -0.2) is 8.42 Å². The van der Waals surface area contributed by atoms with Crippen LogP contribution >= 0.6 is 0 Å². The Morgan fingerprint density at radius 3 is 2.30 bits per heavy atom. The van der Waals surface area contributed by atoms with Crippen LogP contribution in [0.25, 0.3) is 0 Å². The fraction of sp³-hybridized carbons (Fsp3) is 0.650. The van der Waals surface area contributed by atoms with Crippen LogP contribution < -0.4 is 10.1 Å². The fourth-order valence-corrected chi connectivity index (χ4v) is 5.65. The van der Waals surface area contributed by atoms with E-state index in [1.165, 1.54) is 36.7 Å². The molecule has 1 aromatic carbocycles. The summed E-state index contributed by atoms with van der Waals surface area (Å²) in [5.74, 6) is 0.0745. The average molecular weight is 395 g/mol. The van der Waals surface area contributed by atoms with E-state index >= 15 is 0 Å². The summed E-state index contributed by atoms with van der Waals surface area (Å²) in [7, 11) is -2.20. The highest BCUT2D eigenvalue weighted by Gasteiger charge is 2.30. The number of hydrogen-bond acceptors (Lipinski definition) is 4.